The Morgan fingerprint density at radius 2 is 2.05 bits per heavy atom. The molecule has 110 valence electrons. The molecule has 1 heterocycles. The number of ketones is 1. The van der Waals surface area contributed by atoms with Gasteiger partial charge in [0.1, 0.15) is 0 Å². The van der Waals surface area contributed by atoms with E-state index in [4.69, 9.17) is 0 Å². The van der Waals surface area contributed by atoms with Gasteiger partial charge in [0.2, 0.25) is 0 Å². The van der Waals surface area contributed by atoms with Gasteiger partial charge < -0.3 is 4.90 Å². The van der Waals surface area contributed by atoms with Crippen molar-refractivity contribution in [2.24, 2.45) is 0 Å². The highest BCUT2D eigenvalue weighted by Crippen LogP contribution is 2.32. The van der Waals surface area contributed by atoms with Gasteiger partial charge in [0.25, 0.3) is 5.91 Å². The topological polar surface area (TPSA) is 37.4 Å². The summed E-state index contributed by atoms with van der Waals surface area (Å²) in [5, 5.41) is 0. The molecule has 1 amide bonds. The molecule has 1 fully saturated rings. The van der Waals surface area contributed by atoms with Crippen molar-refractivity contribution in [3.8, 4) is 0 Å². The van der Waals surface area contributed by atoms with Crippen molar-refractivity contribution in [3.05, 3.63) is 47.0 Å². The number of hydrogen-bond donors (Lipinski definition) is 0. The minimum Gasteiger partial charge on any atom is -0.324 e. The predicted octanol–water partition coefficient (Wildman–Crippen LogP) is 3.44. The third-order valence-corrected chi connectivity index (χ3v) is 4.57. The second-order valence-electron chi connectivity index (χ2n) is 6.45. The van der Waals surface area contributed by atoms with Crippen molar-refractivity contribution in [1.82, 2.24) is 4.90 Å². The highest BCUT2D eigenvalue weighted by Gasteiger charge is 2.37. The number of rotatable bonds is 2. The smallest absolute Gasteiger partial charge is 0.255 e. The number of hydrogen-bond acceptors (Lipinski definition) is 2. The number of nitrogens with zero attached hydrogens (tertiary/aromatic N) is 1. The van der Waals surface area contributed by atoms with Gasteiger partial charge in [0.05, 0.1) is 6.04 Å². The van der Waals surface area contributed by atoms with Crippen LogP contribution in [0.2, 0.25) is 0 Å². The summed E-state index contributed by atoms with van der Waals surface area (Å²) >= 11 is 0. The largest absolute Gasteiger partial charge is 0.324 e. The lowest BCUT2D eigenvalue weighted by molar-refractivity contribution is -0.124. The number of allylic oxidation sites excluding steroid dienone is 1. The summed E-state index contributed by atoms with van der Waals surface area (Å²) in [6.45, 7) is 8.75. The van der Waals surface area contributed by atoms with Crippen LogP contribution in [0.25, 0.3) is 0 Å². The number of benzene rings is 1. The van der Waals surface area contributed by atoms with E-state index in [1.54, 1.807) is 4.90 Å². The summed E-state index contributed by atoms with van der Waals surface area (Å²) in [5.74, 6) is 0.585. The van der Waals surface area contributed by atoms with E-state index in [1.165, 1.54) is 5.56 Å². The second kappa shape index (κ2) is 5.14. The fourth-order valence-corrected chi connectivity index (χ4v) is 3.26. The van der Waals surface area contributed by atoms with Crippen molar-refractivity contribution >= 4 is 11.7 Å². The third kappa shape index (κ3) is 2.41. The third-order valence-electron chi connectivity index (χ3n) is 4.57. The molecule has 3 nitrogen and oxygen atoms in total. The summed E-state index contributed by atoms with van der Waals surface area (Å²) in [7, 11) is 0. The monoisotopic (exact) mass is 283 g/mol. The summed E-state index contributed by atoms with van der Waals surface area (Å²) in [6, 6.07) is 5.79. The van der Waals surface area contributed by atoms with E-state index in [-0.39, 0.29) is 17.7 Å². The molecular weight excluding hydrogens is 262 g/mol. The first-order valence-electron chi connectivity index (χ1n) is 7.60. The lowest BCUT2D eigenvalue weighted by atomic mass is 9.90. The maximum absolute atomic E-state index is 12.6. The van der Waals surface area contributed by atoms with Gasteiger partial charge in [0, 0.05) is 18.5 Å². The van der Waals surface area contributed by atoms with Gasteiger partial charge in [-0.2, -0.15) is 0 Å². The van der Waals surface area contributed by atoms with Gasteiger partial charge >= 0.3 is 0 Å². The molecule has 1 saturated carbocycles. The molecule has 1 aromatic carbocycles. The Morgan fingerprint density at radius 3 is 2.71 bits per heavy atom. The van der Waals surface area contributed by atoms with E-state index >= 15 is 0 Å². The van der Waals surface area contributed by atoms with Crippen molar-refractivity contribution in [1.29, 1.82) is 0 Å². The molecule has 0 radical (unpaired) electrons. The molecule has 0 spiro atoms. The first-order valence-corrected chi connectivity index (χ1v) is 7.60. The van der Waals surface area contributed by atoms with Gasteiger partial charge in [-0.3, -0.25) is 9.59 Å². The summed E-state index contributed by atoms with van der Waals surface area (Å²) in [6.07, 6.45) is 1.98. The fraction of sp³-hybridized carbons (Fsp3) is 0.444. The van der Waals surface area contributed by atoms with Gasteiger partial charge in [-0.05, 0) is 36.0 Å². The average molecular weight is 283 g/mol. The Balaban J connectivity index is 1.86. The molecule has 0 bridgehead atoms. The molecule has 1 atom stereocenters. The van der Waals surface area contributed by atoms with Crippen LogP contribution < -0.4 is 0 Å². The van der Waals surface area contributed by atoms with Crippen molar-refractivity contribution in [3.63, 3.8) is 0 Å². The quantitative estimate of drug-likeness (QED) is 0.780. The maximum atomic E-state index is 12.6. The van der Waals surface area contributed by atoms with Gasteiger partial charge in [-0.25, -0.2) is 0 Å². The van der Waals surface area contributed by atoms with Crippen LogP contribution in [0.15, 0.2) is 30.4 Å². The van der Waals surface area contributed by atoms with Crippen LogP contribution in [0.5, 0.6) is 0 Å². The van der Waals surface area contributed by atoms with E-state index in [1.807, 2.05) is 12.1 Å². The standard InChI is InChI=1S/C18H21NO2/c1-11(2)13-5-6-15-14(9-13)10-19(18(15)21)16-7-4-12(3)8-17(16)20/h5-6,9,11,16H,3-4,7-8,10H2,1-2H3. The minimum atomic E-state index is -0.266. The van der Waals surface area contributed by atoms with E-state index in [0.29, 0.717) is 25.3 Å². The van der Waals surface area contributed by atoms with Crippen LogP contribution in [0.4, 0.5) is 0 Å². The first kappa shape index (κ1) is 14.1. The van der Waals surface area contributed by atoms with E-state index in [2.05, 4.69) is 26.5 Å². The number of carbonyl (C=O) groups is 2. The molecular formula is C18H21NO2. The Morgan fingerprint density at radius 1 is 1.29 bits per heavy atom. The Bertz CT molecular complexity index is 630. The zero-order valence-electron chi connectivity index (χ0n) is 12.7. The SMILES string of the molecule is C=C1CCC(N2Cc3cc(C(C)C)ccc3C2=O)C(=O)C1. The Hall–Kier alpha value is -1.90. The average Bonchev–Trinajstić information content (AvgIpc) is 2.75. The second-order valence-corrected chi connectivity index (χ2v) is 6.45. The molecule has 3 heteroatoms. The minimum absolute atomic E-state index is 0.00571. The van der Waals surface area contributed by atoms with Crippen LogP contribution >= 0.6 is 0 Å². The van der Waals surface area contributed by atoms with Crippen molar-refractivity contribution < 1.29 is 9.59 Å². The molecule has 0 aromatic heterocycles. The van der Waals surface area contributed by atoms with Gasteiger partial charge in [-0.1, -0.05) is 38.1 Å². The van der Waals surface area contributed by atoms with Crippen LogP contribution in [-0.2, 0) is 11.3 Å². The molecule has 1 aromatic rings. The summed E-state index contributed by atoms with van der Waals surface area (Å²) in [4.78, 5) is 26.5. The number of fused-ring (bicyclic) bond motifs is 1. The number of carbonyl (C=O) groups excluding carboxylic acids is 2. The maximum Gasteiger partial charge on any atom is 0.255 e. The van der Waals surface area contributed by atoms with Crippen LogP contribution in [0.3, 0.4) is 0 Å². The van der Waals surface area contributed by atoms with Crippen molar-refractivity contribution in [2.45, 2.75) is 51.6 Å². The molecule has 21 heavy (non-hydrogen) atoms. The fourth-order valence-electron chi connectivity index (χ4n) is 3.26. The highest BCUT2D eigenvalue weighted by atomic mass is 16.2. The molecule has 0 saturated heterocycles. The summed E-state index contributed by atoms with van der Waals surface area (Å²) in [5.41, 5.74) is 4.05. The van der Waals surface area contributed by atoms with E-state index in [9.17, 15) is 9.59 Å². The number of amides is 1. The zero-order valence-corrected chi connectivity index (χ0v) is 12.7. The lowest BCUT2D eigenvalue weighted by Gasteiger charge is -2.30. The molecule has 2 aliphatic rings. The predicted molar refractivity (Wildman–Crippen MR) is 82.2 cm³/mol. The van der Waals surface area contributed by atoms with Gasteiger partial charge in [0.15, 0.2) is 5.78 Å². The zero-order chi connectivity index (χ0) is 15.1. The van der Waals surface area contributed by atoms with Crippen LogP contribution in [-0.4, -0.2) is 22.6 Å². The van der Waals surface area contributed by atoms with Gasteiger partial charge in [-0.15, -0.1) is 0 Å². The lowest BCUT2D eigenvalue weighted by Crippen LogP contribution is -2.43. The molecule has 1 aliphatic heterocycles. The van der Waals surface area contributed by atoms with E-state index in [0.717, 1.165) is 23.1 Å². The molecule has 1 unspecified atom stereocenters. The number of Topliss-reactive ketones (excluding diaryl/α,β-unsaturated/α-hetero) is 1. The normalized spacial score (nSPS) is 22.1. The Kier molecular flexibility index (Phi) is 3.44. The van der Waals surface area contributed by atoms with Crippen molar-refractivity contribution in [2.75, 3.05) is 0 Å². The molecule has 3 rings (SSSR count). The Labute approximate surface area is 125 Å². The first-order chi connectivity index (χ1) is 9.97. The summed E-state index contributed by atoms with van der Waals surface area (Å²) < 4.78 is 0. The molecule has 1 aliphatic carbocycles. The van der Waals surface area contributed by atoms with Crippen LogP contribution in [0, 0.1) is 0 Å². The van der Waals surface area contributed by atoms with Crippen LogP contribution in [0.1, 0.15) is 60.5 Å². The van der Waals surface area contributed by atoms with E-state index < -0.39 is 0 Å². The highest BCUT2D eigenvalue weighted by molar-refractivity contribution is 6.02. The molecule has 0 N–H and O–H groups in total.